The molecule has 0 aliphatic rings. The summed E-state index contributed by atoms with van der Waals surface area (Å²) < 4.78 is 9.99. The van der Waals surface area contributed by atoms with Gasteiger partial charge in [-0.3, -0.25) is 4.79 Å². The van der Waals surface area contributed by atoms with Crippen molar-refractivity contribution in [1.29, 1.82) is 0 Å². The van der Waals surface area contributed by atoms with Crippen molar-refractivity contribution in [2.24, 2.45) is 5.73 Å². The lowest BCUT2D eigenvalue weighted by Gasteiger charge is -2.18. The fraction of sp³-hybridized carbons (Fsp3) is 0.533. The van der Waals surface area contributed by atoms with E-state index in [0.717, 1.165) is 36.4 Å². The van der Waals surface area contributed by atoms with Gasteiger partial charge >= 0.3 is 5.97 Å². The van der Waals surface area contributed by atoms with E-state index in [-0.39, 0.29) is 5.97 Å². The number of carbonyl (C=O) groups is 1. The Balaban J connectivity index is 2.55. The van der Waals surface area contributed by atoms with Gasteiger partial charge in [0.05, 0.1) is 14.2 Å². The Bertz CT molecular complexity index is 435. The number of methoxy groups -OCH3 is 2. The molecule has 0 spiro atoms. The summed E-state index contributed by atoms with van der Waals surface area (Å²) in [6, 6.07) is 5.98. The SMILES string of the molecule is COC(=O)CCCN(C)Cc1cc(CN)ccc1OC. The molecule has 20 heavy (non-hydrogen) atoms. The van der Waals surface area contributed by atoms with E-state index in [2.05, 4.69) is 15.7 Å². The highest BCUT2D eigenvalue weighted by molar-refractivity contribution is 5.69. The number of hydrogen-bond donors (Lipinski definition) is 1. The van der Waals surface area contributed by atoms with Crippen LogP contribution in [0.1, 0.15) is 24.0 Å². The Morgan fingerprint density at radius 3 is 2.70 bits per heavy atom. The van der Waals surface area contributed by atoms with E-state index >= 15 is 0 Å². The molecule has 0 atom stereocenters. The fourth-order valence-electron chi connectivity index (χ4n) is 2.05. The summed E-state index contributed by atoms with van der Waals surface area (Å²) in [6.45, 7) is 2.10. The standard InChI is InChI=1S/C15H24N2O3/c1-17(8-4-5-15(18)20-3)11-13-9-12(10-16)6-7-14(13)19-2/h6-7,9H,4-5,8,10-11,16H2,1-3H3. The van der Waals surface area contributed by atoms with Crippen molar-refractivity contribution in [3.8, 4) is 5.75 Å². The average Bonchev–Trinajstić information content (AvgIpc) is 2.46. The first-order chi connectivity index (χ1) is 9.60. The van der Waals surface area contributed by atoms with Gasteiger partial charge in [0.25, 0.3) is 0 Å². The van der Waals surface area contributed by atoms with Crippen molar-refractivity contribution in [1.82, 2.24) is 4.90 Å². The Kier molecular flexibility index (Phi) is 7.04. The topological polar surface area (TPSA) is 64.8 Å². The molecule has 1 aromatic carbocycles. The van der Waals surface area contributed by atoms with Gasteiger partial charge in [-0.25, -0.2) is 0 Å². The van der Waals surface area contributed by atoms with E-state index in [1.165, 1.54) is 7.11 Å². The molecule has 0 saturated carbocycles. The summed E-state index contributed by atoms with van der Waals surface area (Å²) in [5, 5.41) is 0. The minimum Gasteiger partial charge on any atom is -0.496 e. The highest BCUT2D eigenvalue weighted by Crippen LogP contribution is 2.21. The zero-order valence-corrected chi connectivity index (χ0v) is 12.5. The first-order valence-electron chi connectivity index (χ1n) is 6.72. The number of ether oxygens (including phenoxy) is 2. The maximum atomic E-state index is 11.1. The van der Waals surface area contributed by atoms with Gasteiger partial charge in [0.15, 0.2) is 0 Å². The number of nitrogens with two attached hydrogens (primary N) is 1. The first kappa shape index (κ1) is 16.5. The van der Waals surface area contributed by atoms with E-state index in [1.54, 1.807) is 7.11 Å². The Morgan fingerprint density at radius 1 is 1.35 bits per heavy atom. The lowest BCUT2D eigenvalue weighted by molar-refractivity contribution is -0.140. The zero-order valence-electron chi connectivity index (χ0n) is 12.5. The number of carbonyl (C=O) groups excluding carboxylic acids is 1. The van der Waals surface area contributed by atoms with Gasteiger partial charge in [-0.2, -0.15) is 0 Å². The largest absolute Gasteiger partial charge is 0.496 e. The first-order valence-corrected chi connectivity index (χ1v) is 6.72. The Hall–Kier alpha value is -1.59. The van der Waals surface area contributed by atoms with Crippen LogP contribution in [0.4, 0.5) is 0 Å². The van der Waals surface area contributed by atoms with Crippen LogP contribution in [0.25, 0.3) is 0 Å². The normalized spacial score (nSPS) is 10.7. The summed E-state index contributed by atoms with van der Waals surface area (Å²) in [4.78, 5) is 13.2. The molecule has 112 valence electrons. The average molecular weight is 280 g/mol. The second kappa shape index (κ2) is 8.55. The van der Waals surface area contributed by atoms with E-state index in [0.29, 0.717) is 13.0 Å². The zero-order chi connectivity index (χ0) is 15.0. The van der Waals surface area contributed by atoms with E-state index in [4.69, 9.17) is 10.5 Å². The second-order valence-electron chi connectivity index (χ2n) is 4.77. The highest BCUT2D eigenvalue weighted by Gasteiger charge is 2.08. The number of rotatable bonds is 8. The molecule has 0 radical (unpaired) electrons. The molecule has 0 heterocycles. The van der Waals surface area contributed by atoms with Crippen molar-refractivity contribution >= 4 is 5.97 Å². The van der Waals surface area contributed by atoms with Gasteiger partial charge in [0.2, 0.25) is 0 Å². The van der Waals surface area contributed by atoms with Gasteiger partial charge in [-0.05, 0) is 37.7 Å². The molecule has 5 nitrogen and oxygen atoms in total. The van der Waals surface area contributed by atoms with Crippen LogP contribution in [0, 0.1) is 0 Å². The molecule has 1 rings (SSSR count). The lowest BCUT2D eigenvalue weighted by Crippen LogP contribution is -2.20. The summed E-state index contributed by atoms with van der Waals surface area (Å²) in [7, 11) is 5.10. The molecule has 0 bridgehead atoms. The summed E-state index contributed by atoms with van der Waals surface area (Å²) in [6.07, 6.45) is 1.23. The third-order valence-corrected chi connectivity index (χ3v) is 3.17. The summed E-state index contributed by atoms with van der Waals surface area (Å²) in [5.74, 6) is 0.697. The maximum absolute atomic E-state index is 11.1. The number of esters is 1. The molecule has 5 heteroatoms. The van der Waals surface area contributed by atoms with Crippen LogP contribution in [-0.4, -0.2) is 38.7 Å². The maximum Gasteiger partial charge on any atom is 0.305 e. The van der Waals surface area contributed by atoms with Crippen LogP contribution in [0.3, 0.4) is 0 Å². The van der Waals surface area contributed by atoms with Crippen LogP contribution in [0.5, 0.6) is 5.75 Å². The molecule has 0 saturated heterocycles. The molecular weight excluding hydrogens is 256 g/mol. The smallest absolute Gasteiger partial charge is 0.305 e. The van der Waals surface area contributed by atoms with Gasteiger partial charge in [-0.15, -0.1) is 0 Å². The quantitative estimate of drug-likeness (QED) is 0.732. The Morgan fingerprint density at radius 2 is 2.10 bits per heavy atom. The molecule has 0 aliphatic heterocycles. The van der Waals surface area contributed by atoms with Crippen LogP contribution < -0.4 is 10.5 Å². The van der Waals surface area contributed by atoms with Crippen molar-refractivity contribution in [3.63, 3.8) is 0 Å². The number of benzene rings is 1. The number of hydrogen-bond acceptors (Lipinski definition) is 5. The molecule has 1 aromatic rings. The molecule has 0 unspecified atom stereocenters. The minimum absolute atomic E-state index is 0.166. The van der Waals surface area contributed by atoms with Crippen LogP contribution in [0.2, 0.25) is 0 Å². The number of nitrogens with zero attached hydrogens (tertiary/aromatic N) is 1. The third kappa shape index (κ3) is 5.19. The van der Waals surface area contributed by atoms with Crippen LogP contribution in [-0.2, 0) is 22.6 Å². The Labute approximate surface area is 120 Å². The van der Waals surface area contributed by atoms with Gasteiger partial charge in [0.1, 0.15) is 5.75 Å². The third-order valence-electron chi connectivity index (χ3n) is 3.17. The minimum atomic E-state index is -0.166. The van der Waals surface area contributed by atoms with Gasteiger partial charge in [0, 0.05) is 25.1 Å². The van der Waals surface area contributed by atoms with Crippen molar-refractivity contribution < 1.29 is 14.3 Å². The second-order valence-corrected chi connectivity index (χ2v) is 4.77. The monoisotopic (exact) mass is 280 g/mol. The van der Waals surface area contributed by atoms with Gasteiger partial charge in [-0.1, -0.05) is 6.07 Å². The molecule has 0 amide bonds. The van der Waals surface area contributed by atoms with Crippen molar-refractivity contribution in [2.75, 3.05) is 27.8 Å². The van der Waals surface area contributed by atoms with Crippen LogP contribution in [0.15, 0.2) is 18.2 Å². The van der Waals surface area contributed by atoms with Crippen molar-refractivity contribution in [3.05, 3.63) is 29.3 Å². The highest BCUT2D eigenvalue weighted by atomic mass is 16.5. The fourth-order valence-corrected chi connectivity index (χ4v) is 2.05. The van der Waals surface area contributed by atoms with E-state index < -0.39 is 0 Å². The van der Waals surface area contributed by atoms with Crippen LogP contribution >= 0.6 is 0 Å². The van der Waals surface area contributed by atoms with E-state index in [9.17, 15) is 4.79 Å². The summed E-state index contributed by atoms with van der Waals surface area (Å²) in [5.41, 5.74) is 7.86. The van der Waals surface area contributed by atoms with Gasteiger partial charge < -0.3 is 20.1 Å². The molecule has 0 fully saturated rings. The molecule has 2 N–H and O–H groups in total. The summed E-state index contributed by atoms with van der Waals surface area (Å²) >= 11 is 0. The molecule has 0 aromatic heterocycles. The van der Waals surface area contributed by atoms with E-state index in [1.807, 2.05) is 19.2 Å². The lowest BCUT2D eigenvalue weighted by atomic mass is 10.1. The predicted octanol–water partition coefficient (Wildman–Crippen LogP) is 1.54. The molecular formula is C15H24N2O3. The van der Waals surface area contributed by atoms with Crippen molar-refractivity contribution in [2.45, 2.75) is 25.9 Å². The predicted molar refractivity (Wildman–Crippen MR) is 78.5 cm³/mol. The molecule has 0 aliphatic carbocycles.